The van der Waals surface area contributed by atoms with Gasteiger partial charge in [0.05, 0.1) is 12.6 Å². The van der Waals surface area contributed by atoms with Gasteiger partial charge in [0.25, 0.3) is 0 Å². The van der Waals surface area contributed by atoms with Gasteiger partial charge in [-0.3, -0.25) is 9.80 Å². The highest BCUT2D eigenvalue weighted by molar-refractivity contribution is 5.74. The van der Waals surface area contributed by atoms with E-state index >= 15 is 0 Å². The predicted octanol–water partition coefficient (Wildman–Crippen LogP) is 1.92. The number of aliphatic hydroxyl groups excluding tert-OH is 1. The molecule has 2 heterocycles. The highest BCUT2D eigenvalue weighted by Gasteiger charge is 2.29. The number of amides is 2. The largest absolute Gasteiger partial charge is 0.395 e. The van der Waals surface area contributed by atoms with Gasteiger partial charge in [-0.1, -0.05) is 37.3 Å². The van der Waals surface area contributed by atoms with Crippen molar-refractivity contribution in [2.75, 3.05) is 52.4 Å². The lowest BCUT2D eigenvalue weighted by atomic mass is 10.0. The van der Waals surface area contributed by atoms with Crippen LogP contribution in [0.5, 0.6) is 0 Å². The molecular formula is C21H34N4O2. The molecule has 0 unspecified atom stereocenters. The first kappa shape index (κ1) is 20.1. The molecule has 2 saturated heterocycles. The SMILES string of the molecule is CC[C@H](NC(=O)N1CCC(N2CCN(CCO)CC2)CC1)c1ccccc1. The molecule has 2 amide bonds. The molecule has 6 nitrogen and oxygen atoms in total. The third kappa shape index (κ3) is 5.43. The predicted molar refractivity (Wildman–Crippen MR) is 108 cm³/mol. The molecule has 1 atom stereocenters. The minimum absolute atomic E-state index is 0.0666. The van der Waals surface area contributed by atoms with Crippen LogP contribution in [0.15, 0.2) is 30.3 Å². The van der Waals surface area contributed by atoms with Crippen LogP contribution in [0.4, 0.5) is 4.79 Å². The second-order valence-corrected chi connectivity index (χ2v) is 7.64. The van der Waals surface area contributed by atoms with E-state index in [1.807, 2.05) is 23.1 Å². The molecule has 0 radical (unpaired) electrons. The van der Waals surface area contributed by atoms with E-state index in [1.165, 1.54) is 5.56 Å². The van der Waals surface area contributed by atoms with E-state index in [0.717, 1.165) is 65.1 Å². The van der Waals surface area contributed by atoms with Crippen LogP contribution in [0, 0.1) is 0 Å². The molecule has 3 rings (SSSR count). The number of rotatable bonds is 6. The summed E-state index contributed by atoms with van der Waals surface area (Å²) in [5, 5.41) is 12.3. The minimum atomic E-state index is 0.0666. The van der Waals surface area contributed by atoms with Gasteiger partial charge in [0.1, 0.15) is 0 Å². The van der Waals surface area contributed by atoms with E-state index in [1.54, 1.807) is 0 Å². The van der Waals surface area contributed by atoms with E-state index in [0.29, 0.717) is 6.04 Å². The first-order valence-electron chi connectivity index (χ1n) is 10.4. The number of nitrogens with zero attached hydrogens (tertiary/aromatic N) is 3. The standard InChI is InChI=1S/C21H34N4O2/c1-2-20(18-6-4-3-5-7-18)22-21(27)25-10-8-19(9-11-25)24-14-12-23(13-15-24)16-17-26/h3-7,19-20,26H,2,8-17H2,1H3,(H,22,27)/t20-/m0/s1. The Balaban J connectivity index is 1.44. The monoisotopic (exact) mass is 374 g/mol. The van der Waals surface area contributed by atoms with Crippen LogP contribution in [0.25, 0.3) is 0 Å². The number of nitrogens with one attached hydrogen (secondary N) is 1. The van der Waals surface area contributed by atoms with Crippen LogP contribution in [0.3, 0.4) is 0 Å². The zero-order chi connectivity index (χ0) is 19.1. The van der Waals surface area contributed by atoms with Crippen LogP contribution < -0.4 is 5.32 Å². The van der Waals surface area contributed by atoms with Crippen LogP contribution in [-0.2, 0) is 0 Å². The van der Waals surface area contributed by atoms with Crippen molar-refractivity contribution >= 4 is 6.03 Å². The molecule has 0 saturated carbocycles. The fourth-order valence-electron chi connectivity index (χ4n) is 4.27. The summed E-state index contributed by atoms with van der Waals surface area (Å²) in [4.78, 5) is 19.6. The Labute approximate surface area is 163 Å². The topological polar surface area (TPSA) is 59.1 Å². The minimum Gasteiger partial charge on any atom is -0.395 e. The Morgan fingerprint density at radius 1 is 1.11 bits per heavy atom. The van der Waals surface area contributed by atoms with Crippen molar-refractivity contribution in [3.05, 3.63) is 35.9 Å². The summed E-state index contributed by atoms with van der Waals surface area (Å²) in [5.41, 5.74) is 1.17. The van der Waals surface area contributed by atoms with Crippen molar-refractivity contribution < 1.29 is 9.90 Å². The third-order valence-electron chi connectivity index (χ3n) is 6.00. The quantitative estimate of drug-likeness (QED) is 0.799. The van der Waals surface area contributed by atoms with Crippen molar-refractivity contribution in [3.8, 4) is 0 Å². The van der Waals surface area contributed by atoms with Gasteiger partial charge in [-0.2, -0.15) is 0 Å². The molecule has 2 aliphatic heterocycles. The van der Waals surface area contributed by atoms with Crippen molar-refractivity contribution in [2.24, 2.45) is 0 Å². The van der Waals surface area contributed by atoms with E-state index < -0.39 is 0 Å². The fraction of sp³-hybridized carbons (Fsp3) is 0.667. The Hall–Kier alpha value is -1.63. The number of likely N-dealkylation sites (tertiary alicyclic amines) is 1. The number of piperazine rings is 1. The number of carbonyl (C=O) groups is 1. The summed E-state index contributed by atoms with van der Waals surface area (Å²) < 4.78 is 0. The van der Waals surface area contributed by atoms with Gasteiger partial charge in [0.2, 0.25) is 0 Å². The highest BCUT2D eigenvalue weighted by Crippen LogP contribution is 2.20. The molecule has 1 aromatic rings. The molecule has 1 aromatic carbocycles. The third-order valence-corrected chi connectivity index (χ3v) is 6.00. The van der Waals surface area contributed by atoms with Crippen LogP contribution >= 0.6 is 0 Å². The maximum absolute atomic E-state index is 12.7. The Bertz CT molecular complexity index is 567. The maximum Gasteiger partial charge on any atom is 0.317 e. The zero-order valence-electron chi connectivity index (χ0n) is 16.5. The number of urea groups is 1. The lowest BCUT2D eigenvalue weighted by Crippen LogP contribution is -2.55. The average molecular weight is 375 g/mol. The molecular weight excluding hydrogens is 340 g/mol. The van der Waals surface area contributed by atoms with Crippen LogP contribution in [0.2, 0.25) is 0 Å². The highest BCUT2D eigenvalue weighted by atomic mass is 16.3. The van der Waals surface area contributed by atoms with Gasteiger partial charge in [0, 0.05) is 51.9 Å². The number of hydrogen-bond donors (Lipinski definition) is 2. The summed E-state index contributed by atoms with van der Waals surface area (Å²) in [6.07, 6.45) is 3.00. The molecule has 6 heteroatoms. The van der Waals surface area contributed by atoms with Gasteiger partial charge < -0.3 is 15.3 Å². The molecule has 0 aromatic heterocycles. The molecule has 0 bridgehead atoms. The Morgan fingerprint density at radius 3 is 2.37 bits per heavy atom. The van der Waals surface area contributed by atoms with E-state index in [-0.39, 0.29) is 18.7 Å². The van der Waals surface area contributed by atoms with Crippen LogP contribution in [0.1, 0.15) is 37.8 Å². The molecule has 2 aliphatic rings. The molecule has 27 heavy (non-hydrogen) atoms. The van der Waals surface area contributed by atoms with Crippen LogP contribution in [-0.4, -0.2) is 84.3 Å². The zero-order valence-corrected chi connectivity index (χ0v) is 16.5. The lowest BCUT2D eigenvalue weighted by molar-refractivity contribution is 0.0584. The number of hydrogen-bond acceptors (Lipinski definition) is 4. The van der Waals surface area contributed by atoms with Gasteiger partial charge in [-0.15, -0.1) is 0 Å². The molecule has 2 N–H and O–H groups in total. The van der Waals surface area contributed by atoms with E-state index in [4.69, 9.17) is 5.11 Å². The average Bonchev–Trinajstić information content (AvgIpc) is 2.73. The first-order chi connectivity index (χ1) is 13.2. The van der Waals surface area contributed by atoms with Gasteiger partial charge in [0.15, 0.2) is 0 Å². The first-order valence-corrected chi connectivity index (χ1v) is 10.4. The number of carbonyl (C=O) groups excluding carboxylic acids is 1. The maximum atomic E-state index is 12.7. The summed E-state index contributed by atoms with van der Waals surface area (Å²) in [6, 6.07) is 10.9. The molecule has 0 spiro atoms. The Morgan fingerprint density at radius 2 is 1.78 bits per heavy atom. The van der Waals surface area contributed by atoms with Crippen molar-refractivity contribution in [3.63, 3.8) is 0 Å². The second-order valence-electron chi connectivity index (χ2n) is 7.64. The molecule has 2 fully saturated rings. The van der Waals surface area contributed by atoms with Crippen molar-refractivity contribution in [2.45, 2.75) is 38.3 Å². The summed E-state index contributed by atoms with van der Waals surface area (Å²) in [6.45, 7) is 9.03. The normalized spacial score (nSPS) is 21.2. The second kappa shape index (κ2) is 10.1. The smallest absolute Gasteiger partial charge is 0.317 e. The van der Waals surface area contributed by atoms with Gasteiger partial charge in [-0.25, -0.2) is 4.79 Å². The van der Waals surface area contributed by atoms with Gasteiger partial charge >= 0.3 is 6.03 Å². The summed E-state index contributed by atoms with van der Waals surface area (Å²) in [7, 11) is 0. The molecule has 150 valence electrons. The van der Waals surface area contributed by atoms with Crippen molar-refractivity contribution in [1.82, 2.24) is 20.0 Å². The Kier molecular flexibility index (Phi) is 7.50. The van der Waals surface area contributed by atoms with Gasteiger partial charge in [-0.05, 0) is 24.8 Å². The van der Waals surface area contributed by atoms with E-state index in [9.17, 15) is 4.79 Å². The summed E-state index contributed by atoms with van der Waals surface area (Å²) in [5.74, 6) is 0. The number of aliphatic hydroxyl groups is 1. The lowest BCUT2D eigenvalue weighted by Gasteiger charge is -2.42. The summed E-state index contributed by atoms with van der Waals surface area (Å²) >= 11 is 0. The van der Waals surface area contributed by atoms with Crippen molar-refractivity contribution in [1.29, 1.82) is 0 Å². The fourth-order valence-corrected chi connectivity index (χ4v) is 4.27. The van der Waals surface area contributed by atoms with E-state index in [2.05, 4.69) is 34.2 Å². The number of β-amino-alcohol motifs (C(OH)–C–C–N with tert-alkyl or cyclic N) is 1. The number of piperidine rings is 1. The number of benzene rings is 1. The molecule has 0 aliphatic carbocycles.